The Kier molecular flexibility index (Phi) is 3.71. The topological polar surface area (TPSA) is 28.6 Å². The lowest BCUT2D eigenvalue weighted by Gasteiger charge is -2.29. The normalized spacial score (nSPS) is 24.9. The molecule has 0 N–H and O–H groups in total. The molecular weight excluding hydrogens is 238 g/mol. The van der Waals surface area contributed by atoms with Gasteiger partial charge in [-0.05, 0) is 45.0 Å². The highest BCUT2D eigenvalue weighted by Gasteiger charge is 2.24. The van der Waals surface area contributed by atoms with Gasteiger partial charge in [0.05, 0.1) is 13.2 Å². The van der Waals surface area contributed by atoms with Crippen LogP contribution in [0.2, 0.25) is 0 Å². The molecule has 0 amide bonds. The van der Waals surface area contributed by atoms with Gasteiger partial charge in [-0.15, -0.1) is 0 Å². The summed E-state index contributed by atoms with van der Waals surface area (Å²) in [5.74, 6) is 1.10. The number of morpholine rings is 1. The fraction of sp³-hybridized carbons (Fsp3) is 0.667. The molecule has 2 fully saturated rings. The van der Waals surface area contributed by atoms with Gasteiger partial charge in [-0.3, -0.25) is 4.90 Å². The number of hydrogen-bond acceptors (Lipinski definition) is 4. The minimum Gasteiger partial charge on any atom is -0.378 e. The molecule has 1 aromatic heterocycles. The van der Waals surface area contributed by atoms with Crippen molar-refractivity contribution in [3.8, 4) is 0 Å². The summed E-state index contributed by atoms with van der Waals surface area (Å²) in [6.45, 7) is 6.88. The Morgan fingerprint density at radius 2 is 2.00 bits per heavy atom. The second-order valence-electron chi connectivity index (χ2n) is 5.58. The standard InChI is InChI=1S/C15H23N3O/c1-12-13(14-4-3-7-17(14)2)5-6-15(16-12)18-8-10-19-11-9-18/h5-6,14H,3-4,7-11H2,1-2H3. The van der Waals surface area contributed by atoms with Crippen molar-refractivity contribution in [3.63, 3.8) is 0 Å². The molecular formula is C15H23N3O. The molecule has 4 nitrogen and oxygen atoms in total. The lowest BCUT2D eigenvalue weighted by molar-refractivity contribution is 0.122. The predicted octanol–water partition coefficient (Wildman–Crippen LogP) is 1.99. The van der Waals surface area contributed by atoms with Gasteiger partial charge >= 0.3 is 0 Å². The first-order valence-electron chi connectivity index (χ1n) is 7.26. The van der Waals surface area contributed by atoms with E-state index in [2.05, 4.69) is 35.9 Å². The molecule has 1 unspecified atom stereocenters. The van der Waals surface area contributed by atoms with Crippen LogP contribution in [0.25, 0.3) is 0 Å². The lowest BCUT2D eigenvalue weighted by atomic mass is 10.0. The Balaban J connectivity index is 1.81. The third-order valence-corrected chi connectivity index (χ3v) is 4.33. The Bertz CT molecular complexity index is 443. The smallest absolute Gasteiger partial charge is 0.128 e. The van der Waals surface area contributed by atoms with Gasteiger partial charge in [-0.25, -0.2) is 4.98 Å². The molecule has 1 atom stereocenters. The third-order valence-electron chi connectivity index (χ3n) is 4.33. The van der Waals surface area contributed by atoms with Crippen LogP contribution in [-0.2, 0) is 4.74 Å². The number of nitrogens with zero attached hydrogens (tertiary/aromatic N) is 3. The summed E-state index contributed by atoms with van der Waals surface area (Å²) >= 11 is 0. The average molecular weight is 261 g/mol. The summed E-state index contributed by atoms with van der Waals surface area (Å²) in [6.07, 6.45) is 2.56. The zero-order valence-electron chi connectivity index (χ0n) is 11.9. The lowest BCUT2D eigenvalue weighted by Crippen LogP contribution is -2.36. The van der Waals surface area contributed by atoms with E-state index >= 15 is 0 Å². The highest BCUT2D eigenvalue weighted by molar-refractivity contribution is 5.43. The molecule has 1 aromatic rings. The Hall–Kier alpha value is -1.13. The van der Waals surface area contributed by atoms with E-state index in [1.165, 1.54) is 30.6 Å². The molecule has 0 bridgehead atoms. The molecule has 0 aromatic carbocycles. The Morgan fingerprint density at radius 3 is 2.63 bits per heavy atom. The van der Waals surface area contributed by atoms with Gasteiger partial charge in [0.15, 0.2) is 0 Å². The van der Waals surface area contributed by atoms with Gasteiger partial charge in [0, 0.05) is 24.8 Å². The largest absolute Gasteiger partial charge is 0.378 e. The molecule has 4 heteroatoms. The summed E-state index contributed by atoms with van der Waals surface area (Å²) in [4.78, 5) is 9.58. The van der Waals surface area contributed by atoms with Crippen molar-refractivity contribution in [2.45, 2.75) is 25.8 Å². The summed E-state index contributed by atoms with van der Waals surface area (Å²) in [5, 5.41) is 0. The van der Waals surface area contributed by atoms with E-state index in [0.717, 1.165) is 32.1 Å². The minimum absolute atomic E-state index is 0.561. The van der Waals surface area contributed by atoms with E-state index < -0.39 is 0 Å². The van der Waals surface area contributed by atoms with Gasteiger partial charge in [-0.1, -0.05) is 6.07 Å². The first kappa shape index (κ1) is 12.9. The molecule has 0 radical (unpaired) electrons. The predicted molar refractivity (Wildman–Crippen MR) is 76.6 cm³/mol. The molecule has 3 rings (SSSR count). The van der Waals surface area contributed by atoms with Crippen molar-refractivity contribution < 1.29 is 4.74 Å². The number of aryl methyl sites for hydroxylation is 1. The van der Waals surface area contributed by atoms with Crippen LogP contribution in [0.5, 0.6) is 0 Å². The fourth-order valence-corrected chi connectivity index (χ4v) is 3.18. The molecule has 2 saturated heterocycles. The number of hydrogen-bond donors (Lipinski definition) is 0. The monoisotopic (exact) mass is 261 g/mol. The molecule has 0 saturated carbocycles. The van der Waals surface area contributed by atoms with Gasteiger partial charge < -0.3 is 9.64 Å². The van der Waals surface area contributed by atoms with Gasteiger partial charge in [-0.2, -0.15) is 0 Å². The Labute approximate surface area is 115 Å². The first-order valence-corrected chi connectivity index (χ1v) is 7.26. The molecule has 0 aliphatic carbocycles. The minimum atomic E-state index is 0.561. The molecule has 19 heavy (non-hydrogen) atoms. The van der Waals surface area contributed by atoms with Crippen LogP contribution >= 0.6 is 0 Å². The van der Waals surface area contributed by atoms with Crippen LogP contribution in [-0.4, -0.2) is 49.8 Å². The summed E-state index contributed by atoms with van der Waals surface area (Å²) < 4.78 is 5.39. The van der Waals surface area contributed by atoms with Crippen LogP contribution < -0.4 is 4.90 Å². The summed E-state index contributed by atoms with van der Waals surface area (Å²) in [5.41, 5.74) is 2.58. The van der Waals surface area contributed by atoms with E-state index in [1.807, 2.05) is 0 Å². The number of aromatic nitrogens is 1. The van der Waals surface area contributed by atoms with Crippen LogP contribution in [0.1, 0.15) is 30.1 Å². The maximum atomic E-state index is 5.39. The summed E-state index contributed by atoms with van der Waals surface area (Å²) in [7, 11) is 2.22. The second kappa shape index (κ2) is 5.47. The fourth-order valence-electron chi connectivity index (χ4n) is 3.18. The maximum Gasteiger partial charge on any atom is 0.128 e. The average Bonchev–Trinajstić information content (AvgIpc) is 2.86. The van der Waals surface area contributed by atoms with Crippen LogP contribution in [0, 0.1) is 6.92 Å². The first-order chi connectivity index (χ1) is 9.25. The Morgan fingerprint density at radius 1 is 1.21 bits per heavy atom. The number of rotatable bonds is 2. The number of likely N-dealkylation sites (tertiary alicyclic amines) is 1. The van der Waals surface area contributed by atoms with Crippen molar-refractivity contribution in [1.82, 2.24) is 9.88 Å². The van der Waals surface area contributed by atoms with Crippen molar-refractivity contribution in [2.24, 2.45) is 0 Å². The molecule has 2 aliphatic rings. The van der Waals surface area contributed by atoms with Crippen LogP contribution in [0.3, 0.4) is 0 Å². The maximum absolute atomic E-state index is 5.39. The van der Waals surface area contributed by atoms with Crippen molar-refractivity contribution >= 4 is 5.82 Å². The van der Waals surface area contributed by atoms with E-state index in [-0.39, 0.29) is 0 Å². The number of ether oxygens (including phenoxy) is 1. The van der Waals surface area contributed by atoms with Crippen molar-refractivity contribution in [2.75, 3.05) is 44.8 Å². The zero-order valence-corrected chi connectivity index (χ0v) is 11.9. The van der Waals surface area contributed by atoms with Gasteiger partial charge in [0.1, 0.15) is 5.82 Å². The SMILES string of the molecule is Cc1nc(N2CCOCC2)ccc1C1CCCN1C. The second-order valence-corrected chi connectivity index (χ2v) is 5.58. The van der Waals surface area contributed by atoms with Crippen LogP contribution in [0.4, 0.5) is 5.82 Å². The molecule has 0 spiro atoms. The van der Waals surface area contributed by atoms with Gasteiger partial charge in [0.2, 0.25) is 0 Å². The molecule has 104 valence electrons. The molecule has 3 heterocycles. The quantitative estimate of drug-likeness (QED) is 0.814. The highest BCUT2D eigenvalue weighted by atomic mass is 16.5. The van der Waals surface area contributed by atoms with Crippen molar-refractivity contribution in [3.05, 3.63) is 23.4 Å². The van der Waals surface area contributed by atoms with E-state index in [9.17, 15) is 0 Å². The highest BCUT2D eigenvalue weighted by Crippen LogP contribution is 2.32. The number of pyridine rings is 1. The zero-order chi connectivity index (χ0) is 13.2. The van der Waals surface area contributed by atoms with E-state index in [4.69, 9.17) is 9.72 Å². The number of anilines is 1. The van der Waals surface area contributed by atoms with Crippen LogP contribution in [0.15, 0.2) is 12.1 Å². The summed E-state index contributed by atoms with van der Waals surface area (Å²) in [6, 6.07) is 5.02. The van der Waals surface area contributed by atoms with Gasteiger partial charge in [0.25, 0.3) is 0 Å². The van der Waals surface area contributed by atoms with E-state index in [0.29, 0.717) is 6.04 Å². The third kappa shape index (κ3) is 2.60. The van der Waals surface area contributed by atoms with E-state index in [1.54, 1.807) is 0 Å². The van der Waals surface area contributed by atoms with Crippen molar-refractivity contribution in [1.29, 1.82) is 0 Å². The molecule has 2 aliphatic heterocycles.